The Morgan fingerprint density at radius 2 is 1.86 bits per heavy atom. The second kappa shape index (κ2) is 6.06. The number of nitrogens with one attached hydrogen (secondary N) is 1. The Bertz CT molecular complexity index is 721. The Hall–Kier alpha value is -2.20. The van der Waals surface area contributed by atoms with Gasteiger partial charge >= 0.3 is 0 Å². The van der Waals surface area contributed by atoms with Crippen molar-refractivity contribution in [1.29, 1.82) is 0 Å². The lowest BCUT2D eigenvalue weighted by Crippen LogP contribution is -2.05. The molecule has 0 bridgehead atoms. The van der Waals surface area contributed by atoms with E-state index in [0.29, 0.717) is 0 Å². The molecule has 0 saturated heterocycles. The molecule has 0 spiro atoms. The Labute approximate surface area is 128 Å². The highest BCUT2D eigenvalue weighted by atomic mass is 32.1. The summed E-state index contributed by atoms with van der Waals surface area (Å²) in [7, 11) is 0. The summed E-state index contributed by atoms with van der Waals surface area (Å²) in [6.45, 7) is 4.99. The molecule has 3 nitrogen and oxygen atoms in total. The van der Waals surface area contributed by atoms with Gasteiger partial charge in [0.25, 0.3) is 0 Å². The van der Waals surface area contributed by atoms with Gasteiger partial charge in [-0.25, -0.2) is 9.97 Å². The third-order valence-electron chi connectivity index (χ3n) is 3.28. The van der Waals surface area contributed by atoms with Crippen molar-refractivity contribution in [1.82, 2.24) is 9.97 Å². The van der Waals surface area contributed by atoms with E-state index in [1.54, 1.807) is 11.3 Å². The number of hydrogen-bond donors (Lipinski definition) is 1. The van der Waals surface area contributed by atoms with Gasteiger partial charge in [0.05, 0.1) is 10.6 Å². The second-order valence-corrected chi connectivity index (χ2v) is 5.69. The Kier molecular flexibility index (Phi) is 3.97. The first-order valence-electron chi connectivity index (χ1n) is 7.01. The second-order valence-electron chi connectivity index (χ2n) is 4.74. The molecule has 1 aromatic carbocycles. The van der Waals surface area contributed by atoms with E-state index in [2.05, 4.69) is 42.3 Å². The number of hydrogen-bond acceptors (Lipinski definition) is 4. The lowest BCUT2D eigenvalue weighted by molar-refractivity contribution is 1.10. The van der Waals surface area contributed by atoms with E-state index < -0.39 is 0 Å². The molecule has 0 aliphatic rings. The molecular weight excluding hydrogens is 278 g/mol. The van der Waals surface area contributed by atoms with E-state index in [1.165, 1.54) is 0 Å². The standard InChI is InChI=1S/C17H17N3S/c1-3-18-16-12(2)15(13-8-5-4-6-9-13)19-17(20-16)14-10-7-11-21-14/h4-11H,3H2,1-2H3,(H,18,19,20). The predicted octanol–water partition coefficient (Wildman–Crippen LogP) is 4.61. The number of aromatic nitrogens is 2. The number of benzene rings is 1. The summed E-state index contributed by atoms with van der Waals surface area (Å²) < 4.78 is 0. The summed E-state index contributed by atoms with van der Waals surface area (Å²) in [6, 6.07) is 14.3. The Balaban J connectivity index is 2.18. The van der Waals surface area contributed by atoms with Gasteiger partial charge in [-0.1, -0.05) is 36.4 Å². The van der Waals surface area contributed by atoms with Crippen LogP contribution in [0.1, 0.15) is 12.5 Å². The van der Waals surface area contributed by atoms with Gasteiger partial charge in [0.15, 0.2) is 5.82 Å². The molecule has 0 aliphatic carbocycles. The third kappa shape index (κ3) is 2.81. The zero-order valence-corrected chi connectivity index (χ0v) is 12.9. The van der Waals surface area contributed by atoms with Crippen molar-refractivity contribution in [3.05, 3.63) is 53.4 Å². The van der Waals surface area contributed by atoms with Crippen LogP contribution in [0.2, 0.25) is 0 Å². The summed E-state index contributed by atoms with van der Waals surface area (Å²) in [5, 5.41) is 5.39. The largest absolute Gasteiger partial charge is 0.370 e. The van der Waals surface area contributed by atoms with Gasteiger partial charge in [0.1, 0.15) is 5.82 Å². The van der Waals surface area contributed by atoms with Crippen LogP contribution in [0.4, 0.5) is 5.82 Å². The van der Waals surface area contributed by atoms with Crippen molar-refractivity contribution in [2.75, 3.05) is 11.9 Å². The predicted molar refractivity (Wildman–Crippen MR) is 89.7 cm³/mol. The van der Waals surface area contributed by atoms with E-state index in [0.717, 1.165) is 39.9 Å². The first kappa shape index (κ1) is 13.8. The third-order valence-corrected chi connectivity index (χ3v) is 4.14. The van der Waals surface area contributed by atoms with Crippen molar-refractivity contribution in [3.63, 3.8) is 0 Å². The molecule has 0 atom stereocenters. The minimum absolute atomic E-state index is 0.783. The summed E-state index contributed by atoms with van der Waals surface area (Å²) >= 11 is 1.66. The van der Waals surface area contributed by atoms with Crippen LogP contribution in [0.15, 0.2) is 47.8 Å². The average molecular weight is 295 g/mol. The first-order chi connectivity index (χ1) is 10.3. The quantitative estimate of drug-likeness (QED) is 0.763. The van der Waals surface area contributed by atoms with Crippen LogP contribution in [0.3, 0.4) is 0 Å². The molecule has 106 valence electrons. The van der Waals surface area contributed by atoms with Crippen LogP contribution in [0.25, 0.3) is 22.0 Å². The van der Waals surface area contributed by atoms with E-state index in [1.807, 2.05) is 29.6 Å². The molecule has 3 aromatic rings. The molecule has 3 rings (SSSR count). The molecular formula is C17H17N3S. The van der Waals surface area contributed by atoms with Gasteiger partial charge in [0, 0.05) is 17.7 Å². The molecule has 0 amide bonds. The van der Waals surface area contributed by atoms with Gasteiger partial charge in [-0.3, -0.25) is 0 Å². The minimum Gasteiger partial charge on any atom is -0.370 e. The first-order valence-corrected chi connectivity index (χ1v) is 7.89. The van der Waals surface area contributed by atoms with Crippen molar-refractivity contribution in [2.24, 2.45) is 0 Å². The maximum Gasteiger partial charge on any atom is 0.172 e. The zero-order valence-electron chi connectivity index (χ0n) is 12.1. The fraction of sp³-hybridized carbons (Fsp3) is 0.176. The molecule has 2 aromatic heterocycles. The normalized spacial score (nSPS) is 10.6. The van der Waals surface area contributed by atoms with Gasteiger partial charge in [0.2, 0.25) is 0 Å². The summed E-state index contributed by atoms with van der Waals surface area (Å²) in [6.07, 6.45) is 0. The Morgan fingerprint density at radius 3 is 2.52 bits per heavy atom. The van der Waals surface area contributed by atoms with E-state index in [4.69, 9.17) is 4.98 Å². The number of anilines is 1. The van der Waals surface area contributed by atoms with Crippen molar-refractivity contribution in [2.45, 2.75) is 13.8 Å². The highest BCUT2D eigenvalue weighted by Gasteiger charge is 2.13. The van der Waals surface area contributed by atoms with Crippen LogP contribution in [0, 0.1) is 6.92 Å². The highest BCUT2D eigenvalue weighted by Crippen LogP contribution is 2.30. The van der Waals surface area contributed by atoms with Gasteiger partial charge < -0.3 is 5.32 Å². The molecule has 0 aliphatic heterocycles. The highest BCUT2D eigenvalue weighted by molar-refractivity contribution is 7.13. The lowest BCUT2D eigenvalue weighted by atomic mass is 10.1. The van der Waals surface area contributed by atoms with E-state index >= 15 is 0 Å². The average Bonchev–Trinajstić information content (AvgIpc) is 3.05. The van der Waals surface area contributed by atoms with Crippen LogP contribution >= 0.6 is 11.3 Å². The topological polar surface area (TPSA) is 37.8 Å². The van der Waals surface area contributed by atoms with Gasteiger partial charge in [-0.15, -0.1) is 11.3 Å². The monoisotopic (exact) mass is 295 g/mol. The molecule has 2 heterocycles. The van der Waals surface area contributed by atoms with Crippen LogP contribution in [-0.2, 0) is 0 Å². The molecule has 0 saturated carbocycles. The molecule has 4 heteroatoms. The Morgan fingerprint density at radius 1 is 1.05 bits per heavy atom. The number of rotatable bonds is 4. The maximum absolute atomic E-state index is 4.79. The van der Waals surface area contributed by atoms with E-state index in [-0.39, 0.29) is 0 Å². The fourth-order valence-electron chi connectivity index (χ4n) is 2.25. The smallest absolute Gasteiger partial charge is 0.172 e. The summed E-state index contributed by atoms with van der Waals surface area (Å²) in [4.78, 5) is 10.6. The van der Waals surface area contributed by atoms with Crippen molar-refractivity contribution < 1.29 is 0 Å². The van der Waals surface area contributed by atoms with Crippen LogP contribution in [0.5, 0.6) is 0 Å². The fourth-order valence-corrected chi connectivity index (χ4v) is 2.91. The maximum atomic E-state index is 4.79. The van der Waals surface area contributed by atoms with Crippen LogP contribution in [-0.4, -0.2) is 16.5 Å². The summed E-state index contributed by atoms with van der Waals surface area (Å²) in [5.74, 6) is 1.69. The van der Waals surface area contributed by atoms with E-state index in [9.17, 15) is 0 Å². The molecule has 21 heavy (non-hydrogen) atoms. The van der Waals surface area contributed by atoms with Crippen molar-refractivity contribution >= 4 is 17.2 Å². The molecule has 0 fully saturated rings. The number of nitrogens with zero attached hydrogens (tertiary/aromatic N) is 2. The SMILES string of the molecule is CCNc1nc(-c2cccs2)nc(-c2ccccc2)c1C. The number of thiophene rings is 1. The lowest BCUT2D eigenvalue weighted by Gasteiger charge is -2.13. The zero-order chi connectivity index (χ0) is 14.7. The molecule has 1 N–H and O–H groups in total. The molecule has 0 radical (unpaired) electrons. The summed E-state index contributed by atoms with van der Waals surface area (Å²) in [5.41, 5.74) is 3.20. The van der Waals surface area contributed by atoms with Crippen LogP contribution < -0.4 is 5.32 Å². The minimum atomic E-state index is 0.783. The molecule has 0 unspecified atom stereocenters. The van der Waals surface area contributed by atoms with Gasteiger partial charge in [-0.05, 0) is 25.3 Å². The van der Waals surface area contributed by atoms with Gasteiger partial charge in [-0.2, -0.15) is 0 Å². The van der Waals surface area contributed by atoms with Crippen molar-refractivity contribution in [3.8, 4) is 22.0 Å².